The average molecular weight is 561 g/mol. The van der Waals surface area contributed by atoms with Gasteiger partial charge in [-0.25, -0.2) is 9.37 Å². The van der Waals surface area contributed by atoms with Gasteiger partial charge in [0.25, 0.3) is 5.56 Å². The van der Waals surface area contributed by atoms with Crippen LogP contribution >= 0.6 is 39.5 Å². The van der Waals surface area contributed by atoms with E-state index in [1.807, 2.05) is 31.2 Å². The number of carbonyl (C=O) groups excluding carboxylic acids is 1. The number of aryl methyl sites for hydroxylation is 1. The zero-order valence-electron chi connectivity index (χ0n) is 18.5. The average Bonchev–Trinajstić information content (AvgIpc) is 3.18. The number of hydrogen-bond acceptors (Lipinski definition) is 5. The molecule has 1 N–H and O–H groups in total. The van der Waals surface area contributed by atoms with Gasteiger partial charge in [-0.2, -0.15) is 0 Å². The first-order valence-electron chi connectivity index (χ1n) is 11.2. The number of fused-ring (bicyclic) bond motifs is 3. The second kappa shape index (κ2) is 9.87. The molecule has 3 aromatic rings. The molecule has 1 fully saturated rings. The van der Waals surface area contributed by atoms with E-state index in [1.54, 1.807) is 22.4 Å². The molecule has 1 amide bonds. The first kappa shape index (κ1) is 23.6. The van der Waals surface area contributed by atoms with Gasteiger partial charge < -0.3 is 5.32 Å². The molecule has 176 valence electrons. The standard InChI is InChI=1S/C25H23BrFN3O2S2/c1-14-5-4-6-16(11-14)30-24(32)22-17-7-2-3-8-20(17)34-23(22)29-25(30)33-13-21(31)28-19-10-9-15(26)12-18(19)27/h4-6,9-12,17,20H,2-3,7-8,13H2,1H3,(H,28,31). The Labute approximate surface area is 214 Å². The van der Waals surface area contributed by atoms with Gasteiger partial charge in [-0.15, -0.1) is 11.8 Å². The summed E-state index contributed by atoms with van der Waals surface area (Å²) in [5, 5.41) is 4.29. The number of anilines is 1. The van der Waals surface area contributed by atoms with E-state index in [4.69, 9.17) is 4.98 Å². The monoisotopic (exact) mass is 559 g/mol. The number of rotatable bonds is 5. The van der Waals surface area contributed by atoms with Crippen molar-refractivity contribution in [3.8, 4) is 5.69 Å². The topological polar surface area (TPSA) is 64.0 Å². The van der Waals surface area contributed by atoms with Crippen LogP contribution in [0.2, 0.25) is 0 Å². The maximum Gasteiger partial charge on any atom is 0.263 e. The maximum absolute atomic E-state index is 14.1. The Morgan fingerprint density at radius 1 is 1.26 bits per heavy atom. The number of thioether (sulfide) groups is 2. The van der Waals surface area contributed by atoms with Gasteiger partial charge >= 0.3 is 0 Å². The lowest BCUT2D eigenvalue weighted by atomic mass is 9.85. The minimum Gasteiger partial charge on any atom is -0.323 e. The van der Waals surface area contributed by atoms with Crippen LogP contribution in [0.1, 0.15) is 42.7 Å². The second-order valence-corrected chi connectivity index (χ2v) is 11.7. The van der Waals surface area contributed by atoms with Crippen LogP contribution in [0.5, 0.6) is 0 Å². The van der Waals surface area contributed by atoms with E-state index >= 15 is 0 Å². The zero-order chi connectivity index (χ0) is 23.8. The molecule has 1 aromatic heterocycles. The fraction of sp³-hybridized carbons (Fsp3) is 0.320. The minimum absolute atomic E-state index is 0.00404. The van der Waals surface area contributed by atoms with Crippen molar-refractivity contribution < 1.29 is 9.18 Å². The summed E-state index contributed by atoms with van der Waals surface area (Å²) in [6.07, 6.45) is 4.43. The highest BCUT2D eigenvalue weighted by Gasteiger charge is 2.39. The Morgan fingerprint density at radius 2 is 2.09 bits per heavy atom. The molecule has 0 saturated heterocycles. The van der Waals surface area contributed by atoms with Crippen molar-refractivity contribution in [1.29, 1.82) is 0 Å². The third kappa shape index (κ3) is 4.70. The van der Waals surface area contributed by atoms with Crippen molar-refractivity contribution in [2.24, 2.45) is 0 Å². The van der Waals surface area contributed by atoms with Crippen LogP contribution < -0.4 is 10.9 Å². The molecule has 1 aliphatic carbocycles. The van der Waals surface area contributed by atoms with Crippen LogP contribution in [0.15, 0.2) is 61.9 Å². The molecule has 2 heterocycles. The van der Waals surface area contributed by atoms with Gasteiger partial charge in [0.05, 0.1) is 22.7 Å². The molecule has 34 heavy (non-hydrogen) atoms. The lowest BCUT2D eigenvalue weighted by Gasteiger charge is -2.24. The van der Waals surface area contributed by atoms with Crippen molar-refractivity contribution in [1.82, 2.24) is 9.55 Å². The van der Waals surface area contributed by atoms with Crippen LogP contribution in [0.4, 0.5) is 10.1 Å². The van der Waals surface area contributed by atoms with Gasteiger partial charge in [0.2, 0.25) is 5.91 Å². The largest absolute Gasteiger partial charge is 0.323 e. The lowest BCUT2D eigenvalue weighted by Crippen LogP contribution is -2.29. The Hall–Kier alpha value is -2.10. The summed E-state index contributed by atoms with van der Waals surface area (Å²) < 4.78 is 16.4. The molecule has 5 rings (SSSR count). The Morgan fingerprint density at radius 3 is 2.88 bits per heavy atom. The maximum atomic E-state index is 14.1. The lowest BCUT2D eigenvalue weighted by molar-refractivity contribution is -0.113. The van der Waals surface area contributed by atoms with Crippen molar-refractivity contribution in [2.75, 3.05) is 11.1 Å². The number of aromatic nitrogens is 2. The quantitative estimate of drug-likeness (QED) is 0.225. The van der Waals surface area contributed by atoms with Crippen LogP contribution in [0.25, 0.3) is 5.69 Å². The van der Waals surface area contributed by atoms with Crippen LogP contribution in [0.3, 0.4) is 0 Å². The van der Waals surface area contributed by atoms with Gasteiger partial charge in [0.1, 0.15) is 10.8 Å². The van der Waals surface area contributed by atoms with E-state index in [0.717, 1.165) is 41.1 Å². The van der Waals surface area contributed by atoms with E-state index in [2.05, 4.69) is 21.2 Å². The van der Waals surface area contributed by atoms with Crippen LogP contribution in [-0.2, 0) is 4.79 Å². The molecule has 0 radical (unpaired) electrons. The Kier molecular flexibility index (Phi) is 6.86. The molecular weight excluding hydrogens is 537 g/mol. The zero-order valence-corrected chi connectivity index (χ0v) is 21.7. The van der Waals surface area contributed by atoms with Crippen LogP contribution in [0, 0.1) is 12.7 Å². The number of nitrogens with one attached hydrogen (secondary N) is 1. The van der Waals surface area contributed by atoms with E-state index < -0.39 is 5.82 Å². The number of benzene rings is 2. The third-order valence-corrected chi connectivity index (χ3v) is 9.02. The Balaban J connectivity index is 1.47. The predicted octanol–water partition coefficient (Wildman–Crippen LogP) is 6.31. The predicted molar refractivity (Wildman–Crippen MR) is 139 cm³/mol. The smallest absolute Gasteiger partial charge is 0.263 e. The molecule has 5 nitrogen and oxygen atoms in total. The van der Waals surface area contributed by atoms with E-state index in [1.165, 1.54) is 30.3 Å². The molecule has 2 atom stereocenters. The minimum atomic E-state index is -0.515. The molecular formula is C25H23BrFN3O2S2. The van der Waals surface area contributed by atoms with Gasteiger partial charge in [-0.1, -0.05) is 52.7 Å². The Bertz CT molecular complexity index is 1330. The summed E-state index contributed by atoms with van der Waals surface area (Å²) in [5.74, 6) is -0.631. The first-order chi connectivity index (χ1) is 16.4. The van der Waals surface area contributed by atoms with Gasteiger partial charge in [-0.05, 0) is 55.7 Å². The molecule has 1 aliphatic heterocycles. The first-order valence-corrected chi connectivity index (χ1v) is 13.8. The summed E-state index contributed by atoms with van der Waals surface area (Å²) >= 11 is 6.11. The summed E-state index contributed by atoms with van der Waals surface area (Å²) in [7, 11) is 0. The number of amides is 1. The van der Waals surface area contributed by atoms with Crippen molar-refractivity contribution in [3.05, 3.63) is 74.2 Å². The van der Waals surface area contributed by atoms with Crippen molar-refractivity contribution in [2.45, 2.75) is 54.0 Å². The van der Waals surface area contributed by atoms with Crippen LogP contribution in [-0.4, -0.2) is 26.5 Å². The normalized spacial score (nSPS) is 18.9. The van der Waals surface area contributed by atoms with E-state index in [0.29, 0.717) is 14.9 Å². The van der Waals surface area contributed by atoms with Gasteiger partial charge in [-0.3, -0.25) is 14.2 Å². The molecule has 2 aromatic carbocycles. The van der Waals surface area contributed by atoms with E-state index in [-0.39, 0.29) is 28.8 Å². The molecule has 0 bridgehead atoms. The fourth-order valence-electron chi connectivity index (χ4n) is 4.61. The fourth-order valence-corrected chi connectivity index (χ4v) is 7.32. The molecule has 0 spiro atoms. The molecule has 2 aliphatic rings. The number of halogens is 2. The molecule has 2 unspecified atom stereocenters. The highest BCUT2D eigenvalue weighted by atomic mass is 79.9. The highest BCUT2D eigenvalue weighted by Crippen LogP contribution is 2.50. The molecule has 9 heteroatoms. The summed E-state index contributed by atoms with van der Waals surface area (Å²) in [6.45, 7) is 1.98. The summed E-state index contributed by atoms with van der Waals surface area (Å²) in [5.41, 5.74) is 2.67. The van der Waals surface area contributed by atoms with E-state index in [9.17, 15) is 14.0 Å². The summed E-state index contributed by atoms with van der Waals surface area (Å²) in [6, 6.07) is 12.2. The number of hydrogen-bond donors (Lipinski definition) is 1. The third-order valence-electron chi connectivity index (χ3n) is 6.19. The highest BCUT2D eigenvalue weighted by molar-refractivity contribution is 9.10. The van der Waals surface area contributed by atoms with Gasteiger partial charge in [0, 0.05) is 15.6 Å². The van der Waals surface area contributed by atoms with Crippen molar-refractivity contribution >= 4 is 51.0 Å². The number of carbonyl (C=O) groups is 1. The number of nitrogens with zero attached hydrogens (tertiary/aromatic N) is 2. The SMILES string of the molecule is Cc1cccc(-n2c(SCC(=O)Nc3ccc(Br)cc3F)nc3c(c2=O)C2CCCCC2S3)c1. The second-order valence-electron chi connectivity index (χ2n) is 8.60. The summed E-state index contributed by atoms with van der Waals surface area (Å²) in [4.78, 5) is 31.3. The van der Waals surface area contributed by atoms with Gasteiger partial charge in [0.15, 0.2) is 5.16 Å². The van der Waals surface area contributed by atoms with Crippen molar-refractivity contribution in [3.63, 3.8) is 0 Å². The molecule has 1 saturated carbocycles.